The van der Waals surface area contributed by atoms with Crippen LogP contribution in [0.3, 0.4) is 0 Å². The van der Waals surface area contributed by atoms with Gasteiger partial charge in [0.1, 0.15) is 0 Å². The Morgan fingerprint density at radius 3 is 2.84 bits per heavy atom. The fraction of sp³-hybridized carbons (Fsp3) is 0.0769. The first-order chi connectivity index (χ1) is 9.34. The van der Waals surface area contributed by atoms with Gasteiger partial charge in [0.05, 0.1) is 30.5 Å². The van der Waals surface area contributed by atoms with Crippen molar-refractivity contribution >= 4 is 5.69 Å². The fourth-order valence-electron chi connectivity index (χ4n) is 1.88. The van der Waals surface area contributed by atoms with Crippen LogP contribution in [0.5, 0.6) is 0 Å². The number of rotatable bonds is 3. The second-order valence-corrected chi connectivity index (χ2v) is 4.08. The third-order valence-electron chi connectivity index (χ3n) is 2.80. The lowest BCUT2D eigenvalue weighted by atomic mass is 10.2. The number of nitrogens with zero attached hydrogens (tertiary/aromatic N) is 5. The molecule has 0 aliphatic carbocycles. The molecule has 0 atom stereocenters. The van der Waals surface area contributed by atoms with Crippen LogP contribution in [0, 0.1) is 0 Å². The van der Waals surface area contributed by atoms with Crippen LogP contribution < -0.4 is 5.73 Å². The molecule has 0 bridgehead atoms. The van der Waals surface area contributed by atoms with Gasteiger partial charge in [-0.1, -0.05) is 0 Å². The topological polar surface area (TPSA) is 82.5 Å². The summed E-state index contributed by atoms with van der Waals surface area (Å²) < 4.78 is 1.97. The molecule has 0 aliphatic rings. The van der Waals surface area contributed by atoms with Crippen LogP contribution in [-0.4, -0.2) is 24.7 Å². The Morgan fingerprint density at radius 2 is 2.05 bits per heavy atom. The normalized spacial score (nSPS) is 10.5. The molecule has 3 rings (SSSR count). The lowest BCUT2D eigenvalue weighted by Crippen LogP contribution is -2.04. The van der Waals surface area contributed by atoms with Gasteiger partial charge in [0, 0.05) is 29.8 Å². The van der Waals surface area contributed by atoms with Gasteiger partial charge in [0.15, 0.2) is 0 Å². The third kappa shape index (κ3) is 2.28. The van der Waals surface area contributed by atoms with Crippen LogP contribution in [0.1, 0.15) is 5.69 Å². The summed E-state index contributed by atoms with van der Waals surface area (Å²) in [6, 6.07) is 5.55. The lowest BCUT2D eigenvalue weighted by molar-refractivity contribution is 0.758. The van der Waals surface area contributed by atoms with Crippen LogP contribution in [0.25, 0.3) is 11.3 Å². The van der Waals surface area contributed by atoms with E-state index < -0.39 is 0 Å². The molecule has 6 heteroatoms. The molecule has 3 aromatic heterocycles. The molecule has 0 unspecified atom stereocenters. The van der Waals surface area contributed by atoms with Crippen LogP contribution in [0.4, 0.5) is 5.69 Å². The number of nitrogen functional groups attached to an aromatic ring is 1. The number of hydrogen-bond donors (Lipinski definition) is 1. The molecule has 0 amide bonds. The highest BCUT2D eigenvalue weighted by Crippen LogP contribution is 2.24. The van der Waals surface area contributed by atoms with Gasteiger partial charge in [-0.3, -0.25) is 4.98 Å². The largest absolute Gasteiger partial charge is 0.398 e. The van der Waals surface area contributed by atoms with Crippen molar-refractivity contribution in [2.24, 2.45) is 0 Å². The van der Waals surface area contributed by atoms with Crippen molar-refractivity contribution in [1.29, 1.82) is 0 Å². The number of aromatic nitrogens is 5. The van der Waals surface area contributed by atoms with Crippen molar-refractivity contribution in [2.75, 3.05) is 5.73 Å². The van der Waals surface area contributed by atoms with Gasteiger partial charge in [-0.05, 0) is 18.2 Å². The summed E-state index contributed by atoms with van der Waals surface area (Å²) in [6.45, 7) is 0.595. The average Bonchev–Trinajstić information content (AvgIpc) is 2.88. The van der Waals surface area contributed by atoms with Gasteiger partial charge in [0.2, 0.25) is 0 Å². The van der Waals surface area contributed by atoms with E-state index in [1.54, 1.807) is 37.2 Å². The van der Waals surface area contributed by atoms with E-state index in [2.05, 4.69) is 20.2 Å². The van der Waals surface area contributed by atoms with Gasteiger partial charge in [0.25, 0.3) is 0 Å². The molecule has 19 heavy (non-hydrogen) atoms. The minimum Gasteiger partial charge on any atom is -0.398 e. The molecule has 0 fully saturated rings. The SMILES string of the molecule is Nc1ccncc1-c1cncn1Cc1cccnn1. The highest BCUT2D eigenvalue weighted by atomic mass is 15.1. The number of anilines is 1. The molecule has 94 valence electrons. The van der Waals surface area contributed by atoms with Crippen molar-refractivity contribution in [3.8, 4) is 11.3 Å². The van der Waals surface area contributed by atoms with Crippen LogP contribution >= 0.6 is 0 Å². The minimum absolute atomic E-state index is 0.595. The Bertz CT molecular complexity index is 676. The summed E-state index contributed by atoms with van der Waals surface area (Å²) in [6.07, 6.45) is 8.57. The van der Waals surface area contributed by atoms with E-state index in [0.29, 0.717) is 12.2 Å². The Morgan fingerprint density at radius 1 is 1.11 bits per heavy atom. The third-order valence-corrected chi connectivity index (χ3v) is 2.80. The van der Waals surface area contributed by atoms with Crippen molar-refractivity contribution < 1.29 is 0 Å². The fourth-order valence-corrected chi connectivity index (χ4v) is 1.88. The predicted molar refractivity (Wildman–Crippen MR) is 71.0 cm³/mol. The molecule has 0 radical (unpaired) electrons. The van der Waals surface area contributed by atoms with Crippen molar-refractivity contribution in [3.63, 3.8) is 0 Å². The van der Waals surface area contributed by atoms with E-state index in [-0.39, 0.29) is 0 Å². The maximum atomic E-state index is 5.96. The van der Waals surface area contributed by atoms with E-state index in [9.17, 15) is 0 Å². The van der Waals surface area contributed by atoms with E-state index in [4.69, 9.17) is 5.73 Å². The minimum atomic E-state index is 0.595. The maximum Gasteiger partial charge on any atom is 0.0954 e. The van der Waals surface area contributed by atoms with E-state index in [1.165, 1.54) is 0 Å². The van der Waals surface area contributed by atoms with Gasteiger partial charge < -0.3 is 10.3 Å². The Labute approximate surface area is 110 Å². The van der Waals surface area contributed by atoms with Crippen LogP contribution in [0.15, 0.2) is 49.3 Å². The number of nitrogens with two attached hydrogens (primary N) is 1. The highest BCUT2D eigenvalue weighted by Gasteiger charge is 2.09. The monoisotopic (exact) mass is 252 g/mol. The Hall–Kier alpha value is -2.76. The first kappa shape index (κ1) is 11.3. The van der Waals surface area contributed by atoms with Gasteiger partial charge in [-0.25, -0.2) is 4.98 Å². The van der Waals surface area contributed by atoms with Crippen molar-refractivity contribution in [2.45, 2.75) is 6.54 Å². The second kappa shape index (κ2) is 4.85. The number of pyridine rings is 1. The predicted octanol–water partition coefficient (Wildman–Crippen LogP) is 1.37. The first-order valence-electron chi connectivity index (χ1n) is 5.81. The number of imidazole rings is 1. The average molecular weight is 252 g/mol. The lowest BCUT2D eigenvalue weighted by Gasteiger charge is -2.08. The molecule has 0 aliphatic heterocycles. The Kier molecular flexibility index (Phi) is 2.89. The molecule has 0 spiro atoms. The Balaban J connectivity index is 1.98. The molecular weight excluding hydrogens is 240 g/mol. The second-order valence-electron chi connectivity index (χ2n) is 4.08. The molecule has 3 heterocycles. The molecule has 6 nitrogen and oxygen atoms in total. The zero-order chi connectivity index (χ0) is 13.1. The van der Waals surface area contributed by atoms with E-state index >= 15 is 0 Å². The summed E-state index contributed by atoms with van der Waals surface area (Å²) in [7, 11) is 0. The smallest absolute Gasteiger partial charge is 0.0954 e. The maximum absolute atomic E-state index is 5.96. The van der Waals surface area contributed by atoms with Crippen molar-refractivity contribution in [3.05, 3.63) is 55.0 Å². The van der Waals surface area contributed by atoms with Crippen LogP contribution in [-0.2, 0) is 6.54 Å². The van der Waals surface area contributed by atoms with E-state index in [0.717, 1.165) is 17.0 Å². The standard InChI is InChI=1S/C13H12N6/c14-12-3-5-15-6-11(12)13-7-16-9-19(13)8-10-2-1-4-17-18-10/h1-7,9H,8H2,(H2,14,15). The zero-order valence-electron chi connectivity index (χ0n) is 10.1. The van der Waals surface area contributed by atoms with E-state index in [1.807, 2.05) is 16.7 Å². The summed E-state index contributed by atoms with van der Waals surface area (Å²) in [5.41, 5.74) is 9.28. The van der Waals surface area contributed by atoms with Crippen molar-refractivity contribution in [1.82, 2.24) is 24.7 Å². The zero-order valence-corrected chi connectivity index (χ0v) is 10.1. The molecule has 2 N–H and O–H groups in total. The summed E-state index contributed by atoms with van der Waals surface area (Å²) >= 11 is 0. The molecule has 0 saturated carbocycles. The van der Waals surface area contributed by atoms with Crippen LogP contribution in [0.2, 0.25) is 0 Å². The van der Waals surface area contributed by atoms with Gasteiger partial charge in [-0.15, -0.1) is 0 Å². The molecular formula is C13H12N6. The summed E-state index contributed by atoms with van der Waals surface area (Å²) in [5, 5.41) is 7.93. The molecule has 0 saturated heterocycles. The molecule has 0 aromatic carbocycles. The summed E-state index contributed by atoms with van der Waals surface area (Å²) in [5.74, 6) is 0. The summed E-state index contributed by atoms with van der Waals surface area (Å²) in [4.78, 5) is 8.27. The quantitative estimate of drug-likeness (QED) is 0.761. The van der Waals surface area contributed by atoms with Gasteiger partial charge in [-0.2, -0.15) is 10.2 Å². The first-order valence-corrected chi connectivity index (χ1v) is 5.81. The highest BCUT2D eigenvalue weighted by molar-refractivity contribution is 5.72. The molecule has 3 aromatic rings. The number of hydrogen-bond acceptors (Lipinski definition) is 5. The van der Waals surface area contributed by atoms with Gasteiger partial charge >= 0.3 is 0 Å².